The van der Waals surface area contributed by atoms with Crippen LogP contribution in [0.15, 0.2) is 55.0 Å². The first-order valence-corrected chi connectivity index (χ1v) is 18.5. The van der Waals surface area contributed by atoms with Crippen LogP contribution in [-0.4, -0.2) is 104 Å². The lowest BCUT2D eigenvalue weighted by Crippen LogP contribution is -2.48. The predicted molar refractivity (Wildman–Crippen MR) is 191 cm³/mol. The van der Waals surface area contributed by atoms with Gasteiger partial charge in [0.1, 0.15) is 24.6 Å². The summed E-state index contributed by atoms with van der Waals surface area (Å²) in [5, 5.41) is 8.30. The van der Waals surface area contributed by atoms with Crippen LogP contribution < -0.4 is 10.1 Å². The Morgan fingerprint density at radius 2 is 1.73 bits per heavy atom. The lowest BCUT2D eigenvalue weighted by Gasteiger charge is -2.38. The van der Waals surface area contributed by atoms with Gasteiger partial charge in [-0.25, -0.2) is 14.0 Å². The number of ether oxygens (including phenoxy) is 3. The topological polar surface area (TPSA) is 131 Å². The molecule has 4 saturated heterocycles. The van der Waals surface area contributed by atoms with Gasteiger partial charge in [-0.1, -0.05) is 50.8 Å². The summed E-state index contributed by atoms with van der Waals surface area (Å²) in [5.74, 6) is 0.0192. The number of nitrogens with one attached hydrogen (secondary N) is 1. The summed E-state index contributed by atoms with van der Waals surface area (Å²) in [6.07, 6.45) is 6.05. The Labute approximate surface area is 303 Å². The van der Waals surface area contributed by atoms with Crippen molar-refractivity contribution in [3.05, 3.63) is 66.1 Å². The van der Waals surface area contributed by atoms with E-state index in [0.29, 0.717) is 44.4 Å². The number of anilines is 1. The van der Waals surface area contributed by atoms with Crippen molar-refractivity contribution in [2.45, 2.75) is 95.6 Å². The fourth-order valence-corrected chi connectivity index (χ4v) is 8.12. The van der Waals surface area contributed by atoms with E-state index in [9.17, 15) is 18.8 Å². The van der Waals surface area contributed by atoms with Crippen LogP contribution in [-0.2, 0) is 20.9 Å². The molecule has 1 N–H and O–H groups in total. The predicted octanol–water partition coefficient (Wildman–Crippen LogP) is 5.91. The maximum atomic E-state index is 13.3. The fourth-order valence-electron chi connectivity index (χ4n) is 8.12. The molecule has 0 saturated carbocycles. The standard InChI is InChI=1S/C38H48FN7O6/c1-24(2)32-20-41-46-33(18-34(42-35(32)46)51-30-10-7-14-44(22-30)37(48)50-23-26-8-5-4-6-9-26)40-19-27-16-28-11-12-29(17-27)45(28)38(49)52-31-13-15-43(21-31)36(47)25(3)39/h4-6,8-9,18,20,24,27-31,40H,3,7,10-17,19,21-23H2,1-2H3/t27?,28-,29+,30-,31?/m1/s1. The summed E-state index contributed by atoms with van der Waals surface area (Å²) in [4.78, 5) is 48.0. The van der Waals surface area contributed by atoms with Crippen molar-refractivity contribution >= 4 is 29.6 Å². The Bertz CT molecular complexity index is 1770. The third-order valence-corrected chi connectivity index (χ3v) is 10.8. The molecule has 7 rings (SSSR count). The summed E-state index contributed by atoms with van der Waals surface area (Å²) >= 11 is 0. The Balaban J connectivity index is 0.971. The molecule has 52 heavy (non-hydrogen) atoms. The number of rotatable bonds is 10. The van der Waals surface area contributed by atoms with E-state index in [1.807, 2.05) is 52.0 Å². The first kappa shape index (κ1) is 35.5. The molecular weight excluding hydrogens is 669 g/mol. The number of benzene rings is 1. The quantitative estimate of drug-likeness (QED) is 0.255. The molecule has 5 atom stereocenters. The van der Waals surface area contributed by atoms with Crippen LogP contribution in [0.5, 0.6) is 5.88 Å². The molecule has 0 spiro atoms. The number of hydrogen-bond acceptors (Lipinski definition) is 9. The zero-order valence-electron chi connectivity index (χ0n) is 29.9. The number of piperidine rings is 2. The van der Waals surface area contributed by atoms with Crippen molar-refractivity contribution in [1.29, 1.82) is 0 Å². The van der Waals surface area contributed by atoms with Gasteiger partial charge in [0.05, 0.1) is 19.3 Å². The van der Waals surface area contributed by atoms with Crippen molar-refractivity contribution in [3.63, 3.8) is 0 Å². The fraction of sp³-hybridized carbons (Fsp3) is 0.553. The third-order valence-electron chi connectivity index (χ3n) is 10.8. The number of aromatic nitrogens is 3. The van der Waals surface area contributed by atoms with Gasteiger partial charge < -0.3 is 34.2 Å². The molecule has 4 aliphatic rings. The molecule has 3 amide bonds. The number of fused-ring (bicyclic) bond motifs is 3. The number of halogens is 1. The van der Waals surface area contributed by atoms with E-state index in [4.69, 9.17) is 19.2 Å². The lowest BCUT2D eigenvalue weighted by atomic mass is 9.91. The van der Waals surface area contributed by atoms with Crippen molar-refractivity contribution in [2.75, 3.05) is 38.0 Å². The van der Waals surface area contributed by atoms with Gasteiger partial charge in [-0.05, 0) is 55.9 Å². The molecular formula is C38H48FN7O6. The number of amides is 3. The Kier molecular flexibility index (Phi) is 10.5. The van der Waals surface area contributed by atoms with Gasteiger partial charge in [-0.2, -0.15) is 14.6 Å². The molecule has 3 aromatic rings. The van der Waals surface area contributed by atoms with Crippen LogP contribution in [0.25, 0.3) is 5.65 Å². The van der Waals surface area contributed by atoms with Gasteiger partial charge in [0.25, 0.3) is 5.91 Å². The average Bonchev–Trinajstić information content (AvgIpc) is 3.85. The highest BCUT2D eigenvalue weighted by Gasteiger charge is 2.45. The summed E-state index contributed by atoms with van der Waals surface area (Å²) < 4.78 is 33.0. The molecule has 2 bridgehead atoms. The Morgan fingerprint density at radius 1 is 0.981 bits per heavy atom. The molecule has 4 fully saturated rings. The van der Waals surface area contributed by atoms with E-state index in [1.54, 1.807) is 4.90 Å². The molecule has 6 heterocycles. The second kappa shape index (κ2) is 15.4. The first-order chi connectivity index (χ1) is 25.1. The smallest absolute Gasteiger partial charge is 0.410 e. The minimum absolute atomic E-state index is 0.0741. The maximum absolute atomic E-state index is 13.3. The number of carbonyl (C=O) groups is 3. The molecule has 4 aliphatic heterocycles. The molecule has 14 heteroatoms. The van der Waals surface area contributed by atoms with Gasteiger partial charge >= 0.3 is 12.2 Å². The SMILES string of the molecule is C=C(F)C(=O)N1CCC(OC(=O)N2[C@@H]3CC[C@H]2CC(CNc2cc(O[C@@H]4CCCN(C(=O)OCc5ccccc5)C4)nc4c(C(C)C)cnn24)C3)C1. The summed E-state index contributed by atoms with van der Waals surface area (Å²) in [6, 6.07) is 11.7. The number of carbonyl (C=O) groups excluding carboxylic acids is 3. The van der Waals surface area contributed by atoms with Crippen molar-refractivity contribution < 1.29 is 33.0 Å². The molecule has 1 aromatic carbocycles. The van der Waals surface area contributed by atoms with Crippen LogP contribution in [0.2, 0.25) is 0 Å². The largest absolute Gasteiger partial charge is 0.472 e. The molecule has 2 unspecified atom stereocenters. The van der Waals surface area contributed by atoms with Crippen LogP contribution in [0.3, 0.4) is 0 Å². The van der Waals surface area contributed by atoms with E-state index in [2.05, 4.69) is 30.8 Å². The first-order valence-electron chi connectivity index (χ1n) is 18.5. The third kappa shape index (κ3) is 7.80. The van der Waals surface area contributed by atoms with Crippen LogP contribution >= 0.6 is 0 Å². The van der Waals surface area contributed by atoms with E-state index >= 15 is 0 Å². The van der Waals surface area contributed by atoms with E-state index < -0.39 is 17.8 Å². The zero-order chi connectivity index (χ0) is 36.4. The van der Waals surface area contributed by atoms with E-state index in [1.165, 1.54) is 4.90 Å². The number of hydrogen-bond donors (Lipinski definition) is 1. The Morgan fingerprint density at radius 3 is 2.46 bits per heavy atom. The van der Waals surface area contributed by atoms with Gasteiger partial charge in [0.2, 0.25) is 5.88 Å². The summed E-state index contributed by atoms with van der Waals surface area (Å²) in [5.41, 5.74) is 2.68. The van der Waals surface area contributed by atoms with Gasteiger partial charge in [0.15, 0.2) is 11.5 Å². The highest BCUT2D eigenvalue weighted by molar-refractivity contribution is 5.90. The van der Waals surface area contributed by atoms with E-state index in [0.717, 1.165) is 61.1 Å². The molecule has 0 aliphatic carbocycles. The lowest BCUT2D eigenvalue weighted by molar-refractivity contribution is -0.128. The van der Waals surface area contributed by atoms with Crippen molar-refractivity contribution in [1.82, 2.24) is 29.3 Å². The Hall–Kier alpha value is -4.88. The zero-order valence-corrected chi connectivity index (χ0v) is 29.9. The van der Waals surface area contributed by atoms with E-state index in [-0.39, 0.29) is 49.4 Å². The van der Waals surface area contributed by atoms with Crippen molar-refractivity contribution in [2.24, 2.45) is 5.92 Å². The van der Waals surface area contributed by atoms with Crippen LogP contribution in [0.1, 0.15) is 75.8 Å². The van der Waals surface area contributed by atoms with Gasteiger partial charge in [0, 0.05) is 49.8 Å². The minimum atomic E-state index is -1.00. The van der Waals surface area contributed by atoms with Gasteiger partial charge in [-0.3, -0.25) is 4.79 Å². The summed E-state index contributed by atoms with van der Waals surface area (Å²) in [7, 11) is 0. The molecule has 2 aromatic heterocycles. The van der Waals surface area contributed by atoms with Gasteiger partial charge in [-0.15, -0.1) is 0 Å². The molecule has 0 radical (unpaired) electrons. The number of likely N-dealkylation sites (tertiary alicyclic amines) is 2. The highest BCUT2D eigenvalue weighted by Crippen LogP contribution is 2.40. The second-order valence-corrected chi connectivity index (χ2v) is 14.8. The molecule has 13 nitrogen and oxygen atoms in total. The monoisotopic (exact) mass is 717 g/mol. The number of nitrogens with zero attached hydrogens (tertiary/aromatic N) is 6. The van der Waals surface area contributed by atoms with Crippen molar-refractivity contribution in [3.8, 4) is 5.88 Å². The normalized spacial score (nSPS) is 24.3. The highest BCUT2D eigenvalue weighted by atomic mass is 19.1. The maximum Gasteiger partial charge on any atom is 0.410 e. The molecule has 278 valence electrons. The van der Waals surface area contributed by atoms with Crippen LogP contribution in [0, 0.1) is 5.92 Å². The minimum Gasteiger partial charge on any atom is -0.472 e. The van der Waals surface area contributed by atoms with Crippen LogP contribution in [0.4, 0.5) is 19.8 Å². The average molecular weight is 718 g/mol. The summed E-state index contributed by atoms with van der Waals surface area (Å²) in [6.45, 7) is 9.76. The second-order valence-electron chi connectivity index (χ2n) is 14.8.